The number of benzene rings is 1. The number of likely N-dealkylation sites (N-methyl/N-ethyl adjacent to an activating group) is 1. The van der Waals surface area contributed by atoms with Gasteiger partial charge in [0, 0.05) is 12.7 Å². The molecule has 0 atom stereocenters. The Balaban J connectivity index is 1.76. The van der Waals surface area contributed by atoms with Gasteiger partial charge in [-0.2, -0.15) is 0 Å². The van der Waals surface area contributed by atoms with Gasteiger partial charge in [-0.15, -0.1) is 0 Å². The molecule has 126 valence electrons. The van der Waals surface area contributed by atoms with Crippen LogP contribution in [0.2, 0.25) is 0 Å². The van der Waals surface area contributed by atoms with Crippen LogP contribution in [0, 0.1) is 12.8 Å². The van der Waals surface area contributed by atoms with Crippen molar-refractivity contribution in [3.63, 3.8) is 0 Å². The van der Waals surface area contributed by atoms with Crippen molar-refractivity contribution < 1.29 is 9.59 Å². The molecule has 23 heavy (non-hydrogen) atoms. The molecule has 5 heteroatoms. The van der Waals surface area contributed by atoms with Crippen molar-refractivity contribution in [1.82, 2.24) is 9.80 Å². The maximum Gasteiger partial charge on any atom is 0.243 e. The van der Waals surface area contributed by atoms with Crippen LogP contribution in [0.3, 0.4) is 0 Å². The van der Waals surface area contributed by atoms with Crippen LogP contribution in [0.4, 0.5) is 5.69 Å². The lowest BCUT2D eigenvalue weighted by Gasteiger charge is -2.30. The van der Waals surface area contributed by atoms with Crippen LogP contribution in [0.15, 0.2) is 24.3 Å². The van der Waals surface area contributed by atoms with Crippen LogP contribution < -0.4 is 5.32 Å². The van der Waals surface area contributed by atoms with Crippen molar-refractivity contribution in [3.8, 4) is 0 Å². The molecule has 1 fully saturated rings. The second kappa shape index (κ2) is 8.11. The van der Waals surface area contributed by atoms with Crippen molar-refractivity contribution in [2.75, 3.05) is 38.5 Å². The maximum absolute atomic E-state index is 12.2. The normalized spacial score (nSPS) is 16.1. The Morgan fingerprint density at radius 3 is 2.43 bits per heavy atom. The molecular formula is C18H27N3O2. The van der Waals surface area contributed by atoms with Gasteiger partial charge in [-0.25, -0.2) is 0 Å². The number of rotatable bonds is 5. The van der Waals surface area contributed by atoms with Crippen LogP contribution in [-0.2, 0) is 9.59 Å². The molecule has 0 spiro atoms. The average molecular weight is 317 g/mol. The summed E-state index contributed by atoms with van der Waals surface area (Å²) in [4.78, 5) is 27.9. The second-order valence-corrected chi connectivity index (χ2v) is 6.62. The fourth-order valence-corrected chi connectivity index (χ4v) is 2.67. The van der Waals surface area contributed by atoms with Crippen molar-refractivity contribution in [2.45, 2.75) is 26.7 Å². The minimum atomic E-state index is -0.169. The first-order valence-corrected chi connectivity index (χ1v) is 8.27. The first-order valence-electron chi connectivity index (χ1n) is 8.27. The maximum atomic E-state index is 12.2. The molecular weight excluding hydrogens is 290 g/mol. The number of hydrogen-bond acceptors (Lipinski definition) is 3. The summed E-state index contributed by atoms with van der Waals surface area (Å²) < 4.78 is 0. The number of nitrogens with one attached hydrogen (secondary N) is 1. The summed E-state index contributed by atoms with van der Waals surface area (Å²) >= 11 is 0. The first kappa shape index (κ1) is 17.5. The fourth-order valence-electron chi connectivity index (χ4n) is 2.67. The van der Waals surface area contributed by atoms with E-state index < -0.39 is 0 Å². The molecule has 1 aliphatic rings. The Bertz CT molecular complexity index is 534. The van der Waals surface area contributed by atoms with Crippen LogP contribution in [-0.4, -0.2) is 54.8 Å². The predicted molar refractivity (Wildman–Crippen MR) is 92.3 cm³/mol. The van der Waals surface area contributed by atoms with Crippen molar-refractivity contribution in [1.29, 1.82) is 0 Å². The van der Waals surface area contributed by atoms with Gasteiger partial charge in [-0.1, -0.05) is 24.6 Å². The fraction of sp³-hybridized carbons (Fsp3) is 0.556. The van der Waals surface area contributed by atoms with Crippen molar-refractivity contribution >= 4 is 17.5 Å². The zero-order chi connectivity index (χ0) is 16.8. The molecule has 2 amide bonds. The van der Waals surface area contributed by atoms with E-state index in [0.29, 0.717) is 6.54 Å². The zero-order valence-corrected chi connectivity index (χ0v) is 14.3. The molecule has 1 heterocycles. The number of piperidine rings is 1. The monoisotopic (exact) mass is 317 g/mol. The number of aryl methyl sites for hydroxylation is 1. The van der Waals surface area contributed by atoms with Gasteiger partial charge in [0.25, 0.3) is 0 Å². The van der Waals surface area contributed by atoms with Gasteiger partial charge in [0.2, 0.25) is 11.8 Å². The molecule has 1 aliphatic heterocycles. The second-order valence-electron chi connectivity index (χ2n) is 6.62. The summed E-state index contributed by atoms with van der Waals surface area (Å²) in [5, 5.41) is 2.82. The van der Waals surface area contributed by atoms with Gasteiger partial charge in [0.05, 0.1) is 13.1 Å². The molecule has 0 saturated carbocycles. The lowest BCUT2D eigenvalue weighted by atomic mass is 9.99. The summed E-state index contributed by atoms with van der Waals surface area (Å²) in [5.41, 5.74) is 1.90. The first-order chi connectivity index (χ1) is 10.9. The minimum Gasteiger partial charge on any atom is -0.335 e. The van der Waals surface area contributed by atoms with E-state index >= 15 is 0 Å². The smallest absolute Gasteiger partial charge is 0.243 e. The molecule has 1 saturated heterocycles. The zero-order valence-electron chi connectivity index (χ0n) is 14.3. The topological polar surface area (TPSA) is 52.7 Å². The lowest BCUT2D eigenvalue weighted by molar-refractivity contribution is -0.134. The predicted octanol–water partition coefficient (Wildman–Crippen LogP) is 2.12. The third-order valence-electron chi connectivity index (χ3n) is 4.38. The molecule has 5 nitrogen and oxygen atoms in total. The molecule has 1 aromatic carbocycles. The van der Waals surface area contributed by atoms with Crippen molar-refractivity contribution in [2.24, 2.45) is 5.92 Å². The number of amides is 2. The number of nitrogens with zero attached hydrogens (tertiary/aromatic N) is 2. The van der Waals surface area contributed by atoms with Crippen molar-refractivity contribution in [3.05, 3.63) is 29.8 Å². The van der Waals surface area contributed by atoms with E-state index in [1.165, 1.54) is 4.90 Å². The third kappa shape index (κ3) is 5.67. The Morgan fingerprint density at radius 1 is 1.22 bits per heavy atom. The highest BCUT2D eigenvalue weighted by atomic mass is 16.2. The van der Waals surface area contributed by atoms with E-state index in [-0.39, 0.29) is 18.4 Å². The van der Waals surface area contributed by atoms with E-state index in [9.17, 15) is 9.59 Å². The van der Waals surface area contributed by atoms with E-state index in [2.05, 4.69) is 17.1 Å². The van der Waals surface area contributed by atoms with Gasteiger partial charge in [0.15, 0.2) is 0 Å². The summed E-state index contributed by atoms with van der Waals surface area (Å²) in [7, 11) is 1.68. The SMILES string of the molecule is Cc1ccc(NC(=O)CN(C)C(=O)CN2CCC(C)CC2)cc1. The van der Waals surface area contributed by atoms with Gasteiger partial charge < -0.3 is 10.2 Å². The molecule has 0 bridgehead atoms. The van der Waals surface area contributed by atoms with Crippen LogP contribution in [0.5, 0.6) is 0 Å². The average Bonchev–Trinajstić information content (AvgIpc) is 2.51. The number of carbonyl (C=O) groups excluding carboxylic acids is 2. The summed E-state index contributed by atoms with van der Waals surface area (Å²) in [6.07, 6.45) is 2.29. The van der Waals surface area contributed by atoms with E-state index in [4.69, 9.17) is 0 Å². The van der Waals surface area contributed by atoms with E-state index in [0.717, 1.165) is 43.1 Å². The standard InChI is InChI=1S/C18H27N3O2/c1-14-4-6-16(7-5-14)19-17(22)12-20(3)18(23)13-21-10-8-15(2)9-11-21/h4-7,15H,8-13H2,1-3H3,(H,19,22). The molecule has 0 unspecified atom stereocenters. The highest BCUT2D eigenvalue weighted by Gasteiger charge is 2.20. The highest BCUT2D eigenvalue weighted by molar-refractivity contribution is 5.94. The molecule has 1 aromatic rings. The Kier molecular flexibility index (Phi) is 6.16. The number of hydrogen-bond donors (Lipinski definition) is 1. The quantitative estimate of drug-likeness (QED) is 0.905. The Labute approximate surface area is 138 Å². The molecule has 0 aromatic heterocycles. The number of anilines is 1. The Hall–Kier alpha value is -1.88. The van der Waals surface area contributed by atoms with Crippen LogP contribution in [0.25, 0.3) is 0 Å². The Morgan fingerprint density at radius 2 is 1.83 bits per heavy atom. The molecule has 0 aliphatic carbocycles. The van der Waals surface area contributed by atoms with Crippen LogP contribution in [0.1, 0.15) is 25.3 Å². The molecule has 2 rings (SSSR count). The molecule has 1 N–H and O–H groups in total. The highest BCUT2D eigenvalue weighted by Crippen LogP contribution is 2.15. The summed E-state index contributed by atoms with van der Waals surface area (Å²) in [6.45, 7) is 6.67. The van der Waals surface area contributed by atoms with Gasteiger partial charge >= 0.3 is 0 Å². The number of carbonyl (C=O) groups is 2. The third-order valence-corrected chi connectivity index (χ3v) is 4.38. The van der Waals surface area contributed by atoms with E-state index in [1.807, 2.05) is 31.2 Å². The van der Waals surface area contributed by atoms with Gasteiger partial charge in [0.1, 0.15) is 0 Å². The minimum absolute atomic E-state index is 0.00129. The van der Waals surface area contributed by atoms with Gasteiger partial charge in [-0.3, -0.25) is 14.5 Å². The van der Waals surface area contributed by atoms with Gasteiger partial charge in [-0.05, 0) is 50.9 Å². The van der Waals surface area contributed by atoms with Crippen LogP contribution >= 0.6 is 0 Å². The molecule has 0 radical (unpaired) electrons. The largest absolute Gasteiger partial charge is 0.335 e. The lowest BCUT2D eigenvalue weighted by Crippen LogP contribution is -2.44. The summed E-state index contributed by atoms with van der Waals surface area (Å²) in [6, 6.07) is 7.62. The number of likely N-dealkylation sites (tertiary alicyclic amines) is 1. The summed E-state index contributed by atoms with van der Waals surface area (Å²) in [5.74, 6) is 0.579. The van der Waals surface area contributed by atoms with E-state index in [1.54, 1.807) is 7.05 Å².